The third-order valence-electron chi connectivity index (χ3n) is 5.42. The number of H-pyrrole nitrogens is 1. The largest absolute Gasteiger partial charge is 0.389 e. The van der Waals surface area contributed by atoms with E-state index in [2.05, 4.69) is 9.97 Å². The lowest BCUT2D eigenvalue weighted by Crippen LogP contribution is -2.45. The second kappa shape index (κ2) is 9.09. The number of aromatic amines is 1. The Balaban J connectivity index is 1.79. The van der Waals surface area contributed by atoms with Crippen LogP contribution in [-0.2, 0) is 12.7 Å². The molecule has 4 nitrogen and oxygen atoms in total. The summed E-state index contributed by atoms with van der Waals surface area (Å²) < 4.78 is 125. The van der Waals surface area contributed by atoms with Crippen LogP contribution in [0.15, 0.2) is 42.5 Å². The molecule has 2 aromatic carbocycles. The highest BCUT2D eigenvalue weighted by atomic mass is 19.1. The number of aryl methyl sites for hydroxylation is 2. The fourth-order valence-electron chi connectivity index (χ4n) is 4.05. The van der Waals surface area contributed by atoms with Crippen LogP contribution in [0.3, 0.4) is 0 Å². The van der Waals surface area contributed by atoms with Gasteiger partial charge in [0.2, 0.25) is 0 Å². The van der Waals surface area contributed by atoms with Gasteiger partial charge in [-0.05, 0) is 80.3 Å². The first-order valence-corrected chi connectivity index (χ1v) is 10.1. The molecule has 1 aliphatic carbocycles. The molecule has 3 aromatic rings. The first kappa shape index (κ1) is 11.1. The van der Waals surface area contributed by atoms with Crippen molar-refractivity contribution in [3.05, 3.63) is 65.2 Å². The van der Waals surface area contributed by atoms with Crippen LogP contribution in [0.5, 0.6) is 0 Å². The molecule has 0 unspecified atom stereocenters. The van der Waals surface area contributed by atoms with Crippen molar-refractivity contribution in [3.63, 3.8) is 0 Å². The minimum Gasteiger partial charge on any atom is -0.389 e. The first-order chi connectivity index (χ1) is 19.9. The summed E-state index contributed by atoms with van der Waals surface area (Å²) in [4.78, 5) is 6.72. The van der Waals surface area contributed by atoms with Crippen molar-refractivity contribution < 1.29 is 27.3 Å². The first-order valence-electron chi connectivity index (χ1n) is 16.6. The lowest BCUT2D eigenvalue weighted by molar-refractivity contribution is -0.0301. The van der Waals surface area contributed by atoms with E-state index < -0.39 is 81.0 Å². The summed E-state index contributed by atoms with van der Waals surface area (Å²) >= 11 is 0. The summed E-state index contributed by atoms with van der Waals surface area (Å²) in [6.45, 7) is -4.86. The summed E-state index contributed by atoms with van der Waals surface area (Å²) in [5.74, 6) is -3.21. The third kappa shape index (κ3) is 4.83. The van der Waals surface area contributed by atoms with Gasteiger partial charge in [0, 0.05) is 36.7 Å². The summed E-state index contributed by atoms with van der Waals surface area (Å²) in [5, 5.41) is 12.1. The van der Waals surface area contributed by atoms with Crippen molar-refractivity contribution in [2.75, 3.05) is 20.0 Å². The summed E-state index contributed by atoms with van der Waals surface area (Å²) in [6.07, 6.45) is -13.9. The fraction of sp³-hybridized carbons (Fsp3) is 0.500. The molecular weight excluding hydrogens is 389 g/mol. The minimum absolute atomic E-state index is 0.0433. The van der Waals surface area contributed by atoms with Crippen molar-refractivity contribution in [1.82, 2.24) is 14.9 Å². The summed E-state index contributed by atoms with van der Waals surface area (Å²) in [6, 6.07) is 9.44. The van der Waals surface area contributed by atoms with Crippen LogP contribution in [0, 0.1) is 11.7 Å². The summed E-state index contributed by atoms with van der Waals surface area (Å²) in [7, 11) is 0. The topological polar surface area (TPSA) is 52.1 Å². The molecule has 2 atom stereocenters. The normalized spacial score (nSPS) is 32.5. The molecule has 0 fully saturated rings. The number of fused-ring (bicyclic) bond motifs is 2. The van der Waals surface area contributed by atoms with E-state index in [1.165, 1.54) is 12.1 Å². The molecule has 166 valence electrons. The number of rotatable bonds is 8. The van der Waals surface area contributed by atoms with Gasteiger partial charge >= 0.3 is 0 Å². The Morgan fingerprint density at radius 2 is 2.23 bits per heavy atom. The van der Waals surface area contributed by atoms with Crippen LogP contribution in [0.2, 0.25) is 0 Å². The van der Waals surface area contributed by atoms with Crippen molar-refractivity contribution >= 4 is 11.0 Å². The molecule has 0 saturated heterocycles. The predicted octanol–water partition coefficient (Wildman–Crippen LogP) is 5.07. The molecule has 2 N–H and O–H groups in total. The van der Waals surface area contributed by atoms with Gasteiger partial charge in [0.05, 0.1) is 16.6 Å². The maximum Gasteiger partial charge on any atom is 0.123 e. The number of halogens is 1. The zero-order valence-corrected chi connectivity index (χ0v) is 17.3. The van der Waals surface area contributed by atoms with Gasteiger partial charge in [-0.15, -0.1) is 0 Å². The van der Waals surface area contributed by atoms with Crippen molar-refractivity contribution in [2.45, 2.75) is 57.3 Å². The molecule has 5 heteroatoms. The Morgan fingerprint density at radius 3 is 3.00 bits per heavy atom. The van der Waals surface area contributed by atoms with Crippen molar-refractivity contribution in [2.24, 2.45) is 5.92 Å². The Kier molecular flexibility index (Phi) is 3.24. The highest BCUT2D eigenvalue weighted by Gasteiger charge is 2.43. The molecule has 0 amide bonds. The number of hydrogen-bond donors (Lipinski definition) is 2. The second-order valence-corrected chi connectivity index (χ2v) is 7.99. The molecular formula is C26H34FN3O. The molecule has 1 aromatic heterocycles. The van der Waals surface area contributed by atoms with Gasteiger partial charge in [-0.1, -0.05) is 32.0 Å². The average molecular weight is 437 g/mol. The van der Waals surface area contributed by atoms with E-state index in [1.807, 2.05) is 0 Å². The average Bonchev–Trinajstić information content (AvgIpc) is 3.33. The minimum atomic E-state index is -3.62. The Morgan fingerprint density at radius 1 is 1.39 bits per heavy atom. The monoisotopic (exact) mass is 436 g/mol. The maximum absolute atomic E-state index is 14.2. The van der Waals surface area contributed by atoms with Crippen molar-refractivity contribution in [3.8, 4) is 0 Å². The van der Waals surface area contributed by atoms with Gasteiger partial charge in [-0.25, -0.2) is 9.37 Å². The number of imidazole rings is 1. The molecule has 0 aliphatic heterocycles. The van der Waals surface area contributed by atoms with Gasteiger partial charge in [0.1, 0.15) is 11.6 Å². The van der Waals surface area contributed by atoms with E-state index >= 15 is 0 Å². The lowest BCUT2D eigenvalue weighted by Gasteiger charge is -2.44. The molecule has 4 rings (SSSR count). The van der Waals surface area contributed by atoms with E-state index in [0.29, 0.717) is 5.52 Å². The van der Waals surface area contributed by atoms with E-state index in [4.69, 9.17) is 17.8 Å². The van der Waals surface area contributed by atoms with Gasteiger partial charge in [-0.3, -0.25) is 0 Å². The molecule has 31 heavy (non-hydrogen) atoms. The molecule has 0 saturated carbocycles. The maximum atomic E-state index is 14.2. The van der Waals surface area contributed by atoms with E-state index in [0.717, 1.165) is 12.1 Å². The lowest BCUT2D eigenvalue weighted by atomic mass is 9.66. The SMILES string of the molecule is [2H]C([2H])([2H])N(CC[C@]1(O)[C@@H](C(C)C)c2ccc(F)cc2C([2H])([2H])C1([2H])[2H])C([2H])([2H])C([2H])([2H])C([2H])([2H])c1nc2ccccc2[nH]1. The quantitative estimate of drug-likeness (QED) is 0.518. The van der Waals surface area contributed by atoms with Crippen LogP contribution in [-0.4, -0.2) is 45.6 Å². The number of hydrogen-bond acceptors (Lipinski definition) is 3. The Bertz CT molecular complexity index is 1510. The summed E-state index contributed by atoms with van der Waals surface area (Å²) in [5.41, 5.74) is -2.30. The van der Waals surface area contributed by atoms with Crippen LogP contribution in [0.1, 0.15) is 73.7 Å². The van der Waals surface area contributed by atoms with Crippen LogP contribution < -0.4 is 0 Å². The van der Waals surface area contributed by atoms with E-state index in [-0.39, 0.29) is 21.5 Å². The van der Waals surface area contributed by atoms with Gasteiger partial charge in [0.25, 0.3) is 0 Å². The highest BCUT2D eigenvalue weighted by molar-refractivity contribution is 5.74. The Labute approximate surface area is 202 Å². The van der Waals surface area contributed by atoms with Gasteiger partial charge in [0.15, 0.2) is 0 Å². The highest BCUT2D eigenvalue weighted by Crippen LogP contribution is 2.45. The smallest absolute Gasteiger partial charge is 0.123 e. The third-order valence-corrected chi connectivity index (χ3v) is 5.42. The van der Waals surface area contributed by atoms with Crippen LogP contribution >= 0.6 is 0 Å². The molecule has 0 spiro atoms. The van der Waals surface area contributed by atoms with Crippen LogP contribution in [0.4, 0.5) is 4.39 Å². The molecule has 0 radical (unpaired) electrons. The molecule has 1 heterocycles. The number of para-hydroxylation sites is 2. The number of aromatic nitrogens is 2. The van der Waals surface area contributed by atoms with Crippen molar-refractivity contribution in [1.29, 1.82) is 0 Å². The van der Waals surface area contributed by atoms with E-state index in [1.54, 1.807) is 32.0 Å². The zero-order chi connectivity index (χ0) is 33.5. The van der Waals surface area contributed by atoms with Gasteiger partial charge < -0.3 is 15.0 Å². The number of aliphatic hydroxyl groups is 1. The fourth-order valence-corrected chi connectivity index (χ4v) is 4.05. The zero-order valence-electron chi connectivity index (χ0n) is 30.3. The molecule has 1 aliphatic rings. The number of benzene rings is 2. The standard InChI is InChI=1S/C26H34FN3O/c1-18(2)25-21-11-10-20(27)17-19(21)12-13-26(25,31)14-16-30(3)15-6-9-24-28-22-7-4-5-8-23(22)29-24/h4-5,7-8,10-11,17-18,25,31H,6,9,12-16H2,1-3H3,(H,28,29)/t25-,26-/m0/s1/i3D3,6D2,9D2,12D2,13D2,15D2. The second-order valence-electron chi connectivity index (χ2n) is 7.99. The number of nitrogens with zero attached hydrogens (tertiary/aromatic N) is 2. The Hall–Kier alpha value is -2.24. The van der Waals surface area contributed by atoms with Gasteiger partial charge in [-0.2, -0.15) is 0 Å². The van der Waals surface area contributed by atoms with Crippen LogP contribution in [0.25, 0.3) is 11.0 Å². The predicted molar refractivity (Wildman–Crippen MR) is 124 cm³/mol. The van der Waals surface area contributed by atoms with E-state index in [9.17, 15) is 9.50 Å². The molecule has 0 bridgehead atoms. The number of nitrogens with one attached hydrogen (secondary N) is 1.